The van der Waals surface area contributed by atoms with Gasteiger partial charge in [0, 0.05) is 0 Å². The summed E-state index contributed by atoms with van der Waals surface area (Å²) in [6.45, 7) is -0.343. The molecule has 0 aliphatic rings. The van der Waals surface area contributed by atoms with Gasteiger partial charge in [0.1, 0.15) is 11.5 Å². The van der Waals surface area contributed by atoms with Crippen LogP contribution in [-0.4, -0.2) is 25.6 Å². The van der Waals surface area contributed by atoms with Crippen molar-refractivity contribution in [2.45, 2.75) is 9.79 Å². The maximum absolute atomic E-state index is 12.3. The number of rotatable bonds is 5. The maximum Gasteiger partial charge on any atom is 0.220 e. The Bertz CT molecular complexity index is 661. The van der Waals surface area contributed by atoms with Gasteiger partial charge in [-0.05, 0) is 48.5 Å². The van der Waals surface area contributed by atoms with Crippen molar-refractivity contribution in [3.63, 3.8) is 0 Å². The molecule has 0 fully saturated rings. The fraction of sp³-hybridized carbons (Fsp3) is 0.0769. The number of phenols is 1. The minimum Gasteiger partial charge on any atom is -0.508 e. The molecule has 0 spiro atoms. The molecule has 7 heteroatoms. The van der Waals surface area contributed by atoms with Crippen molar-refractivity contribution >= 4 is 9.84 Å². The Hall–Kier alpha value is -2.09. The van der Waals surface area contributed by atoms with Gasteiger partial charge < -0.3 is 9.84 Å². The zero-order valence-corrected chi connectivity index (χ0v) is 11.1. The summed E-state index contributed by atoms with van der Waals surface area (Å²) < 4.78 is 29.5. The molecule has 0 heterocycles. The molecule has 2 aromatic carbocycles. The summed E-state index contributed by atoms with van der Waals surface area (Å²) in [4.78, 5) is 3.94. The van der Waals surface area contributed by atoms with E-state index in [4.69, 9.17) is 15.1 Å². The van der Waals surface area contributed by atoms with Crippen LogP contribution in [0.15, 0.2) is 58.3 Å². The second-order valence-corrected chi connectivity index (χ2v) is 5.81. The van der Waals surface area contributed by atoms with Crippen LogP contribution in [0.25, 0.3) is 0 Å². The molecule has 0 aliphatic heterocycles. The fourth-order valence-electron chi connectivity index (χ4n) is 1.57. The normalized spacial score (nSPS) is 11.2. The number of sulfone groups is 1. The van der Waals surface area contributed by atoms with Crippen LogP contribution in [0.4, 0.5) is 0 Å². The van der Waals surface area contributed by atoms with Crippen molar-refractivity contribution < 1.29 is 28.4 Å². The highest BCUT2D eigenvalue weighted by molar-refractivity contribution is 7.91. The number of hydrogen-bond donors (Lipinski definition) is 2. The molecule has 2 N–H and O–H groups in total. The Kier molecular flexibility index (Phi) is 4.23. The van der Waals surface area contributed by atoms with Crippen molar-refractivity contribution in [3.8, 4) is 11.5 Å². The molecular formula is C13H12O6S. The molecule has 6 nitrogen and oxygen atoms in total. The van der Waals surface area contributed by atoms with Crippen LogP contribution in [0.2, 0.25) is 0 Å². The Labute approximate surface area is 115 Å². The highest BCUT2D eigenvalue weighted by atomic mass is 32.2. The SMILES string of the molecule is O=S(=O)(c1ccc(O)cc1)c1ccc(OCOO)cc1. The van der Waals surface area contributed by atoms with Crippen molar-refractivity contribution in [3.05, 3.63) is 48.5 Å². The molecule has 0 bridgehead atoms. The molecular weight excluding hydrogens is 284 g/mol. The van der Waals surface area contributed by atoms with E-state index < -0.39 is 9.84 Å². The molecule has 0 radical (unpaired) electrons. The van der Waals surface area contributed by atoms with Crippen LogP contribution in [0, 0.1) is 0 Å². The minimum absolute atomic E-state index is 0.00305. The predicted octanol–water partition coefficient (Wildman–Crippen LogP) is 2.05. The third-order valence-corrected chi connectivity index (χ3v) is 4.34. The first-order valence-electron chi connectivity index (χ1n) is 5.57. The number of ether oxygens (including phenoxy) is 1. The largest absolute Gasteiger partial charge is 0.508 e. The van der Waals surface area contributed by atoms with Crippen molar-refractivity contribution in [1.82, 2.24) is 0 Å². The Morgan fingerprint density at radius 1 is 0.900 bits per heavy atom. The lowest BCUT2D eigenvalue weighted by atomic mass is 10.3. The minimum atomic E-state index is -3.64. The molecule has 0 saturated heterocycles. The van der Waals surface area contributed by atoms with Crippen LogP contribution in [0.3, 0.4) is 0 Å². The molecule has 2 aromatic rings. The average Bonchev–Trinajstić information content (AvgIpc) is 2.46. The van der Waals surface area contributed by atoms with E-state index in [1.54, 1.807) is 0 Å². The van der Waals surface area contributed by atoms with Gasteiger partial charge in [-0.15, -0.1) is 0 Å². The maximum atomic E-state index is 12.3. The molecule has 2 rings (SSSR count). The molecule has 0 atom stereocenters. The van der Waals surface area contributed by atoms with Crippen LogP contribution in [-0.2, 0) is 14.7 Å². The van der Waals surface area contributed by atoms with E-state index in [1.165, 1.54) is 48.5 Å². The Morgan fingerprint density at radius 3 is 1.90 bits per heavy atom. The van der Waals surface area contributed by atoms with Gasteiger partial charge >= 0.3 is 0 Å². The summed E-state index contributed by atoms with van der Waals surface area (Å²) in [6.07, 6.45) is 0. The Balaban J connectivity index is 2.27. The van der Waals surface area contributed by atoms with Crippen LogP contribution in [0.1, 0.15) is 0 Å². The highest BCUT2D eigenvalue weighted by Crippen LogP contribution is 2.24. The lowest BCUT2D eigenvalue weighted by Gasteiger charge is -2.07. The molecule has 0 aromatic heterocycles. The topological polar surface area (TPSA) is 93.1 Å². The van der Waals surface area contributed by atoms with E-state index in [0.29, 0.717) is 5.75 Å². The second kappa shape index (κ2) is 5.91. The van der Waals surface area contributed by atoms with E-state index in [1.807, 2.05) is 0 Å². The lowest BCUT2D eigenvalue weighted by molar-refractivity contribution is -0.278. The average molecular weight is 296 g/mol. The lowest BCUT2D eigenvalue weighted by Crippen LogP contribution is -2.03. The standard InChI is InChI=1S/C13H12O6S/c14-10-1-5-12(6-2-10)20(16,17)13-7-3-11(4-8-13)18-9-19-15/h1-8,14-15H,9H2. The van der Waals surface area contributed by atoms with Gasteiger partial charge in [-0.1, -0.05) is 0 Å². The summed E-state index contributed by atoms with van der Waals surface area (Å²) in [5.74, 6) is 0.361. The zero-order valence-electron chi connectivity index (χ0n) is 10.3. The smallest absolute Gasteiger partial charge is 0.220 e. The molecule has 106 valence electrons. The zero-order chi connectivity index (χ0) is 14.6. The third-order valence-electron chi connectivity index (χ3n) is 2.56. The summed E-state index contributed by atoms with van der Waals surface area (Å²) >= 11 is 0. The van der Waals surface area contributed by atoms with E-state index in [2.05, 4.69) is 4.89 Å². The summed E-state index contributed by atoms with van der Waals surface area (Å²) in [5, 5.41) is 17.3. The second-order valence-electron chi connectivity index (χ2n) is 3.86. The number of hydrogen-bond acceptors (Lipinski definition) is 6. The van der Waals surface area contributed by atoms with Crippen molar-refractivity contribution in [1.29, 1.82) is 0 Å². The van der Waals surface area contributed by atoms with Gasteiger partial charge in [0.2, 0.25) is 16.6 Å². The third kappa shape index (κ3) is 3.08. The number of aromatic hydroxyl groups is 1. The van der Waals surface area contributed by atoms with Crippen LogP contribution >= 0.6 is 0 Å². The quantitative estimate of drug-likeness (QED) is 0.498. The van der Waals surface area contributed by atoms with Crippen LogP contribution in [0.5, 0.6) is 11.5 Å². The summed E-state index contributed by atoms with van der Waals surface area (Å²) in [6, 6.07) is 10.9. The van der Waals surface area contributed by atoms with E-state index >= 15 is 0 Å². The number of benzene rings is 2. The first kappa shape index (κ1) is 14.3. The van der Waals surface area contributed by atoms with Gasteiger partial charge in [-0.3, -0.25) is 0 Å². The molecule has 0 aliphatic carbocycles. The highest BCUT2D eigenvalue weighted by Gasteiger charge is 2.17. The monoisotopic (exact) mass is 296 g/mol. The molecule has 0 unspecified atom stereocenters. The van der Waals surface area contributed by atoms with Gasteiger partial charge in [-0.25, -0.2) is 13.7 Å². The van der Waals surface area contributed by atoms with Gasteiger partial charge in [-0.2, -0.15) is 4.89 Å². The van der Waals surface area contributed by atoms with Crippen molar-refractivity contribution in [2.75, 3.05) is 6.79 Å². The van der Waals surface area contributed by atoms with Crippen molar-refractivity contribution in [2.24, 2.45) is 0 Å². The molecule has 0 saturated carbocycles. The molecule has 0 amide bonds. The fourth-order valence-corrected chi connectivity index (χ4v) is 2.83. The van der Waals surface area contributed by atoms with E-state index in [0.717, 1.165) is 0 Å². The Morgan fingerprint density at radius 2 is 1.40 bits per heavy atom. The first-order chi connectivity index (χ1) is 9.54. The summed E-state index contributed by atoms with van der Waals surface area (Å²) in [7, 11) is -3.64. The van der Waals surface area contributed by atoms with Gasteiger partial charge in [0.05, 0.1) is 9.79 Å². The first-order valence-corrected chi connectivity index (χ1v) is 7.06. The van der Waals surface area contributed by atoms with Gasteiger partial charge in [0.15, 0.2) is 0 Å². The summed E-state index contributed by atoms with van der Waals surface area (Å²) in [5.41, 5.74) is 0. The van der Waals surface area contributed by atoms with Gasteiger partial charge in [0.25, 0.3) is 0 Å². The van der Waals surface area contributed by atoms with E-state index in [-0.39, 0.29) is 22.3 Å². The predicted molar refractivity (Wildman–Crippen MR) is 69.2 cm³/mol. The molecule has 20 heavy (non-hydrogen) atoms. The van der Waals surface area contributed by atoms with E-state index in [9.17, 15) is 8.42 Å². The van der Waals surface area contributed by atoms with Crippen LogP contribution < -0.4 is 4.74 Å². The number of phenolic OH excluding ortho intramolecular Hbond substituents is 1.